The molecule has 1 heterocycles. The molecule has 13 heavy (non-hydrogen) atoms. The second-order valence-electron chi connectivity index (χ2n) is 2.56. The van der Waals surface area contributed by atoms with Crippen molar-refractivity contribution in [3.63, 3.8) is 0 Å². The first-order valence-electron chi connectivity index (χ1n) is 3.79. The van der Waals surface area contributed by atoms with Crippen molar-refractivity contribution in [3.05, 3.63) is 17.4 Å². The summed E-state index contributed by atoms with van der Waals surface area (Å²) in [6.07, 6.45) is 3.57. The largest absolute Gasteiger partial charge is 0.481 e. The summed E-state index contributed by atoms with van der Waals surface area (Å²) in [7, 11) is 0. The molecule has 0 saturated carbocycles. The van der Waals surface area contributed by atoms with Gasteiger partial charge in [-0.2, -0.15) is 0 Å². The number of rotatable bonds is 5. The van der Waals surface area contributed by atoms with Crippen LogP contribution in [0.2, 0.25) is 0 Å². The van der Waals surface area contributed by atoms with E-state index in [1.54, 1.807) is 4.57 Å². The molecule has 0 fully saturated rings. The number of nitroso groups, excluding NO2 is 1. The van der Waals surface area contributed by atoms with Crippen LogP contribution in [0.4, 0.5) is 5.82 Å². The molecule has 0 aliphatic heterocycles. The van der Waals surface area contributed by atoms with Gasteiger partial charge in [0.15, 0.2) is 0 Å². The van der Waals surface area contributed by atoms with E-state index < -0.39 is 5.97 Å². The number of carboxylic acids is 1. The molecule has 0 aliphatic rings. The maximum atomic E-state index is 10.2. The number of aryl methyl sites for hydroxylation is 1. The van der Waals surface area contributed by atoms with Crippen LogP contribution in [-0.2, 0) is 11.3 Å². The fraction of sp³-hybridized carbons (Fsp3) is 0.429. The minimum atomic E-state index is -0.825. The van der Waals surface area contributed by atoms with Gasteiger partial charge in [-0.1, -0.05) is 0 Å². The zero-order chi connectivity index (χ0) is 9.68. The van der Waals surface area contributed by atoms with E-state index in [0.29, 0.717) is 13.0 Å². The van der Waals surface area contributed by atoms with Gasteiger partial charge in [-0.3, -0.25) is 4.79 Å². The lowest BCUT2D eigenvalue weighted by Gasteiger charge is -1.97. The zero-order valence-electron chi connectivity index (χ0n) is 6.88. The average molecular weight is 183 g/mol. The molecule has 1 aromatic rings. The maximum absolute atomic E-state index is 10.2. The topological polar surface area (TPSA) is 84.5 Å². The Morgan fingerprint density at radius 3 is 3.00 bits per heavy atom. The first kappa shape index (κ1) is 9.37. The molecule has 0 bridgehead atoms. The van der Waals surface area contributed by atoms with Crippen LogP contribution in [0.3, 0.4) is 0 Å². The van der Waals surface area contributed by atoms with Crippen LogP contribution >= 0.6 is 0 Å². The van der Waals surface area contributed by atoms with Crippen molar-refractivity contribution in [2.45, 2.75) is 19.4 Å². The third-order valence-electron chi connectivity index (χ3n) is 1.52. The molecular weight excluding hydrogens is 174 g/mol. The molecular formula is C7H9N3O3. The Bertz CT molecular complexity index is 308. The van der Waals surface area contributed by atoms with Gasteiger partial charge in [-0.05, 0) is 11.6 Å². The standard InChI is InChI=1S/C7H9N3O3/c11-7(12)2-1-3-10-4-6(9-13)8-5-10/h4-5H,1-3H2,(H,11,12). The van der Waals surface area contributed by atoms with Gasteiger partial charge in [-0.25, -0.2) is 4.98 Å². The minimum absolute atomic E-state index is 0.113. The molecule has 0 spiro atoms. The average Bonchev–Trinajstić information content (AvgIpc) is 2.52. The van der Waals surface area contributed by atoms with Gasteiger partial charge >= 0.3 is 5.97 Å². The summed E-state index contributed by atoms with van der Waals surface area (Å²) in [5.74, 6) is -0.704. The van der Waals surface area contributed by atoms with Gasteiger partial charge in [0.25, 0.3) is 0 Å². The lowest BCUT2D eigenvalue weighted by molar-refractivity contribution is -0.137. The molecule has 0 unspecified atom stereocenters. The van der Waals surface area contributed by atoms with E-state index in [0.717, 1.165) is 0 Å². The van der Waals surface area contributed by atoms with Crippen LogP contribution in [0.25, 0.3) is 0 Å². The van der Waals surface area contributed by atoms with Gasteiger partial charge in [-0.15, -0.1) is 4.91 Å². The van der Waals surface area contributed by atoms with Crippen LogP contribution in [0.5, 0.6) is 0 Å². The number of carbonyl (C=O) groups is 1. The molecule has 6 nitrogen and oxygen atoms in total. The van der Waals surface area contributed by atoms with Gasteiger partial charge in [0.05, 0.1) is 12.5 Å². The summed E-state index contributed by atoms with van der Waals surface area (Å²) in [4.78, 5) is 23.8. The SMILES string of the molecule is O=Nc1cn(CCCC(=O)O)cn1. The number of aromatic nitrogens is 2. The van der Waals surface area contributed by atoms with Gasteiger partial charge < -0.3 is 9.67 Å². The molecule has 70 valence electrons. The fourth-order valence-electron chi connectivity index (χ4n) is 0.931. The van der Waals surface area contributed by atoms with Gasteiger partial charge in [0.1, 0.15) is 0 Å². The third kappa shape index (κ3) is 3.02. The Morgan fingerprint density at radius 1 is 1.69 bits per heavy atom. The summed E-state index contributed by atoms with van der Waals surface area (Å²) >= 11 is 0. The molecule has 0 aromatic carbocycles. The number of nitrogens with zero attached hydrogens (tertiary/aromatic N) is 3. The molecule has 1 rings (SSSR count). The van der Waals surface area contributed by atoms with E-state index in [2.05, 4.69) is 10.2 Å². The van der Waals surface area contributed by atoms with E-state index in [-0.39, 0.29) is 12.2 Å². The number of hydrogen-bond donors (Lipinski definition) is 1. The summed E-state index contributed by atoms with van der Waals surface area (Å²) in [5, 5.41) is 11.0. The lowest BCUT2D eigenvalue weighted by Crippen LogP contribution is -1.99. The molecule has 6 heteroatoms. The molecule has 0 radical (unpaired) electrons. The van der Waals surface area contributed by atoms with E-state index in [1.807, 2.05) is 0 Å². The quantitative estimate of drug-likeness (QED) is 0.693. The monoisotopic (exact) mass is 183 g/mol. The van der Waals surface area contributed by atoms with Crippen molar-refractivity contribution in [2.75, 3.05) is 0 Å². The van der Waals surface area contributed by atoms with E-state index >= 15 is 0 Å². The maximum Gasteiger partial charge on any atom is 0.303 e. The predicted octanol–water partition coefficient (Wildman–Crippen LogP) is 1.15. The highest BCUT2D eigenvalue weighted by atomic mass is 16.4. The summed E-state index contributed by atoms with van der Waals surface area (Å²) in [6.45, 7) is 0.537. The Balaban J connectivity index is 2.36. The molecule has 0 saturated heterocycles. The Kier molecular flexibility index (Phi) is 3.13. The van der Waals surface area contributed by atoms with Crippen LogP contribution in [0.1, 0.15) is 12.8 Å². The van der Waals surface area contributed by atoms with Crippen molar-refractivity contribution in [3.8, 4) is 0 Å². The second-order valence-corrected chi connectivity index (χ2v) is 2.56. The molecule has 1 aromatic heterocycles. The highest BCUT2D eigenvalue weighted by Gasteiger charge is 1.99. The van der Waals surface area contributed by atoms with Crippen molar-refractivity contribution >= 4 is 11.8 Å². The molecule has 0 atom stereocenters. The van der Waals surface area contributed by atoms with Crippen molar-refractivity contribution < 1.29 is 9.90 Å². The molecule has 0 aliphatic carbocycles. The minimum Gasteiger partial charge on any atom is -0.481 e. The van der Waals surface area contributed by atoms with E-state index in [9.17, 15) is 9.70 Å². The number of hydrogen-bond acceptors (Lipinski definition) is 4. The van der Waals surface area contributed by atoms with Crippen LogP contribution in [0, 0.1) is 4.91 Å². The Labute approximate surface area is 74.2 Å². The van der Waals surface area contributed by atoms with Crippen molar-refractivity contribution in [1.29, 1.82) is 0 Å². The van der Waals surface area contributed by atoms with Crippen molar-refractivity contribution in [1.82, 2.24) is 9.55 Å². The number of carboxylic acid groups (broad SMARTS) is 1. The van der Waals surface area contributed by atoms with Crippen LogP contribution in [0.15, 0.2) is 17.7 Å². The van der Waals surface area contributed by atoms with Crippen LogP contribution in [-0.4, -0.2) is 20.6 Å². The first-order chi connectivity index (χ1) is 6.22. The lowest BCUT2D eigenvalue weighted by atomic mass is 10.3. The van der Waals surface area contributed by atoms with Gasteiger partial charge in [0, 0.05) is 13.0 Å². The van der Waals surface area contributed by atoms with Crippen LogP contribution < -0.4 is 0 Å². The first-order valence-corrected chi connectivity index (χ1v) is 3.79. The highest BCUT2D eigenvalue weighted by molar-refractivity contribution is 5.66. The smallest absolute Gasteiger partial charge is 0.303 e. The normalized spacial score (nSPS) is 9.85. The fourth-order valence-corrected chi connectivity index (χ4v) is 0.931. The molecule has 0 amide bonds. The second kappa shape index (κ2) is 4.34. The predicted molar refractivity (Wildman–Crippen MR) is 44.6 cm³/mol. The number of aliphatic carboxylic acids is 1. The summed E-state index contributed by atoms with van der Waals surface area (Å²) in [5.41, 5.74) is 0. The molecule has 1 N–H and O–H groups in total. The zero-order valence-corrected chi connectivity index (χ0v) is 6.88. The van der Waals surface area contributed by atoms with Crippen molar-refractivity contribution in [2.24, 2.45) is 5.18 Å². The Hall–Kier alpha value is -1.72. The highest BCUT2D eigenvalue weighted by Crippen LogP contribution is 2.06. The third-order valence-corrected chi connectivity index (χ3v) is 1.52. The Morgan fingerprint density at radius 2 is 2.46 bits per heavy atom. The van der Waals surface area contributed by atoms with Gasteiger partial charge in [0.2, 0.25) is 5.82 Å². The summed E-state index contributed by atoms with van der Waals surface area (Å²) in [6, 6.07) is 0. The van der Waals surface area contributed by atoms with E-state index in [4.69, 9.17) is 5.11 Å². The summed E-state index contributed by atoms with van der Waals surface area (Å²) < 4.78 is 1.64. The van der Waals surface area contributed by atoms with E-state index in [1.165, 1.54) is 12.5 Å². The number of imidazole rings is 1.